The average molecular weight is 183 g/mol. The van der Waals surface area contributed by atoms with Crippen molar-refractivity contribution in [2.24, 2.45) is 11.8 Å². The standard InChI is InChI=1S/C10H17NO2/c12-10(13)9-5-7-3-1-2-4-8(7)6-11-9/h7-9,11H,1-6H2,(H,12,13)/t7-,8+,9?/m1/s1. The maximum atomic E-state index is 10.8. The third-order valence-electron chi connectivity index (χ3n) is 3.53. The van der Waals surface area contributed by atoms with E-state index in [1.165, 1.54) is 25.7 Å². The number of carboxylic acid groups (broad SMARTS) is 1. The first kappa shape index (κ1) is 9.00. The van der Waals surface area contributed by atoms with Gasteiger partial charge in [0.15, 0.2) is 0 Å². The zero-order chi connectivity index (χ0) is 9.26. The van der Waals surface area contributed by atoms with E-state index in [9.17, 15) is 4.79 Å². The molecule has 0 aromatic rings. The second kappa shape index (κ2) is 3.66. The van der Waals surface area contributed by atoms with Crippen molar-refractivity contribution in [3.05, 3.63) is 0 Å². The summed E-state index contributed by atoms with van der Waals surface area (Å²) in [6, 6.07) is -0.278. The average Bonchev–Trinajstić information content (AvgIpc) is 2.17. The molecule has 1 aliphatic carbocycles. The van der Waals surface area contributed by atoms with Crippen LogP contribution in [0.3, 0.4) is 0 Å². The van der Waals surface area contributed by atoms with E-state index in [1.54, 1.807) is 0 Å². The maximum absolute atomic E-state index is 10.8. The predicted octanol–water partition coefficient (Wildman–Crippen LogP) is 1.24. The van der Waals surface area contributed by atoms with Crippen LogP contribution in [0, 0.1) is 11.8 Å². The first-order chi connectivity index (χ1) is 6.27. The first-order valence-electron chi connectivity index (χ1n) is 5.23. The highest BCUT2D eigenvalue weighted by Gasteiger charge is 2.34. The van der Waals surface area contributed by atoms with E-state index in [4.69, 9.17) is 5.11 Å². The number of hydrogen-bond donors (Lipinski definition) is 2. The molecule has 1 aliphatic heterocycles. The Morgan fingerprint density at radius 1 is 1.23 bits per heavy atom. The van der Waals surface area contributed by atoms with Crippen LogP contribution in [0.5, 0.6) is 0 Å². The summed E-state index contributed by atoms with van der Waals surface area (Å²) >= 11 is 0. The Labute approximate surface area is 78.5 Å². The van der Waals surface area contributed by atoms with Crippen molar-refractivity contribution < 1.29 is 9.90 Å². The molecular weight excluding hydrogens is 166 g/mol. The van der Waals surface area contributed by atoms with Crippen molar-refractivity contribution in [2.45, 2.75) is 38.1 Å². The zero-order valence-electron chi connectivity index (χ0n) is 7.83. The largest absolute Gasteiger partial charge is 0.480 e. The van der Waals surface area contributed by atoms with Crippen LogP contribution < -0.4 is 5.32 Å². The van der Waals surface area contributed by atoms with E-state index in [2.05, 4.69) is 5.32 Å². The van der Waals surface area contributed by atoms with Crippen LogP contribution in [0.25, 0.3) is 0 Å². The maximum Gasteiger partial charge on any atom is 0.320 e. The molecular formula is C10H17NO2. The van der Waals surface area contributed by atoms with E-state index in [0.717, 1.165) is 18.9 Å². The van der Waals surface area contributed by atoms with Gasteiger partial charge in [-0.3, -0.25) is 4.79 Å². The van der Waals surface area contributed by atoms with E-state index in [-0.39, 0.29) is 6.04 Å². The quantitative estimate of drug-likeness (QED) is 0.643. The van der Waals surface area contributed by atoms with Gasteiger partial charge >= 0.3 is 5.97 Å². The molecule has 3 nitrogen and oxygen atoms in total. The Balaban J connectivity index is 1.95. The highest BCUT2D eigenvalue weighted by atomic mass is 16.4. The lowest BCUT2D eigenvalue weighted by Gasteiger charge is -2.38. The van der Waals surface area contributed by atoms with Crippen LogP contribution in [0.1, 0.15) is 32.1 Å². The summed E-state index contributed by atoms with van der Waals surface area (Å²) in [6.07, 6.45) is 6.02. The Bertz CT molecular complexity index is 205. The predicted molar refractivity (Wildman–Crippen MR) is 49.5 cm³/mol. The van der Waals surface area contributed by atoms with Crippen molar-refractivity contribution in [1.29, 1.82) is 0 Å². The fourth-order valence-corrected chi connectivity index (χ4v) is 2.73. The van der Waals surface area contributed by atoms with Gasteiger partial charge in [-0.15, -0.1) is 0 Å². The molecule has 1 unspecified atom stereocenters. The number of aliphatic carboxylic acids is 1. The minimum Gasteiger partial charge on any atom is -0.480 e. The van der Waals surface area contributed by atoms with Gasteiger partial charge in [-0.05, 0) is 31.2 Å². The number of carbonyl (C=O) groups is 1. The second-order valence-electron chi connectivity index (χ2n) is 4.34. The van der Waals surface area contributed by atoms with Crippen LogP contribution >= 0.6 is 0 Å². The monoisotopic (exact) mass is 183 g/mol. The van der Waals surface area contributed by atoms with Crippen molar-refractivity contribution >= 4 is 5.97 Å². The molecule has 2 N–H and O–H groups in total. The molecule has 0 radical (unpaired) electrons. The molecule has 0 spiro atoms. The molecule has 1 saturated heterocycles. The van der Waals surface area contributed by atoms with Gasteiger partial charge in [0.05, 0.1) is 0 Å². The van der Waals surface area contributed by atoms with Gasteiger partial charge in [0, 0.05) is 0 Å². The molecule has 0 aromatic carbocycles. The van der Waals surface area contributed by atoms with E-state index in [1.807, 2.05) is 0 Å². The van der Waals surface area contributed by atoms with Crippen LogP contribution in [-0.4, -0.2) is 23.7 Å². The highest BCUT2D eigenvalue weighted by molar-refractivity contribution is 5.73. The second-order valence-corrected chi connectivity index (χ2v) is 4.34. The molecule has 0 aromatic heterocycles. The lowest BCUT2D eigenvalue weighted by atomic mass is 9.74. The molecule has 0 amide bonds. The molecule has 1 saturated carbocycles. The lowest BCUT2D eigenvalue weighted by Crippen LogP contribution is -2.48. The lowest BCUT2D eigenvalue weighted by molar-refractivity contribution is -0.141. The molecule has 3 heteroatoms. The molecule has 0 bridgehead atoms. The number of fused-ring (bicyclic) bond motifs is 1. The summed E-state index contributed by atoms with van der Waals surface area (Å²) in [5.41, 5.74) is 0. The van der Waals surface area contributed by atoms with Gasteiger partial charge in [0.2, 0.25) is 0 Å². The molecule has 1 heterocycles. The van der Waals surface area contributed by atoms with Crippen LogP contribution in [-0.2, 0) is 4.79 Å². The van der Waals surface area contributed by atoms with Crippen molar-refractivity contribution in [2.75, 3.05) is 6.54 Å². The Morgan fingerprint density at radius 2 is 1.92 bits per heavy atom. The molecule has 3 atom stereocenters. The third-order valence-corrected chi connectivity index (χ3v) is 3.53. The molecule has 2 aliphatic rings. The zero-order valence-corrected chi connectivity index (χ0v) is 7.83. The van der Waals surface area contributed by atoms with Gasteiger partial charge in [-0.25, -0.2) is 0 Å². The number of nitrogens with one attached hydrogen (secondary N) is 1. The SMILES string of the molecule is O=C(O)C1C[C@H]2CCCC[C@H]2CN1. The summed E-state index contributed by atoms with van der Waals surface area (Å²) < 4.78 is 0. The van der Waals surface area contributed by atoms with Gasteiger partial charge < -0.3 is 10.4 Å². The number of piperidine rings is 1. The van der Waals surface area contributed by atoms with Gasteiger partial charge in [-0.1, -0.05) is 19.3 Å². The van der Waals surface area contributed by atoms with Gasteiger partial charge in [0.25, 0.3) is 0 Å². The fraction of sp³-hybridized carbons (Fsp3) is 0.900. The highest BCUT2D eigenvalue weighted by Crippen LogP contribution is 2.35. The minimum atomic E-state index is -0.677. The van der Waals surface area contributed by atoms with Crippen molar-refractivity contribution in [1.82, 2.24) is 5.32 Å². The first-order valence-corrected chi connectivity index (χ1v) is 5.23. The summed E-state index contributed by atoms with van der Waals surface area (Å²) in [5.74, 6) is 0.754. The Kier molecular flexibility index (Phi) is 2.54. The minimum absolute atomic E-state index is 0.278. The summed E-state index contributed by atoms with van der Waals surface area (Å²) in [4.78, 5) is 10.8. The topological polar surface area (TPSA) is 49.3 Å². The van der Waals surface area contributed by atoms with Crippen LogP contribution in [0.15, 0.2) is 0 Å². The third kappa shape index (κ3) is 1.85. The van der Waals surface area contributed by atoms with Gasteiger partial charge in [-0.2, -0.15) is 0 Å². The van der Waals surface area contributed by atoms with Gasteiger partial charge in [0.1, 0.15) is 6.04 Å². The summed E-state index contributed by atoms with van der Waals surface area (Å²) in [7, 11) is 0. The smallest absolute Gasteiger partial charge is 0.320 e. The number of hydrogen-bond acceptors (Lipinski definition) is 2. The van der Waals surface area contributed by atoms with E-state index in [0.29, 0.717) is 5.92 Å². The molecule has 13 heavy (non-hydrogen) atoms. The molecule has 74 valence electrons. The number of rotatable bonds is 1. The number of carboxylic acids is 1. The van der Waals surface area contributed by atoms with Crippen LogP contribution in [0.2, 0.25) is 0 Å². The molecule has 2 rings (SSSR count). The summed E-state index contributed by atoms with van der Waals surface area (Å²) in [5, 5.41) is 12.0. The van der Waals surface area contributed by atoms with Crippen LogP contribution in [0.4, 0.5) is 0 Å². The van der Waals surface area contributed by atoms with Crippen molar-refractivity contribution in [3.8, 4) is 0 Å². The Morgan fingerprint density at radius 3 is 2.62 bits per heavy atom. The fourth-order valence-electron chi connectivity index (χ4n) is 2.73. The molecule has 2 fully saturated rings. The normalized spacial score (nSPS) is 39.5. The van der Waals surface area contributed by atoms with Crippen molar-refractivity contribution in [3.63, 3.8) is 0 Å². The van der Waals surface area contributed by atoms with E-state index < -0.39 is 5.97 Å². The Hall–Kier alpha value is -0.570. The van der Waals surface area contributed by atoms with E-state index >= 15 is 0 Å². The summed E-state index contributed by atoms with van der Waals surface area (Å²) in [6.45, 7) is 0.918.